The minimum atomic E-state index is -0.155. The number of aryl methyl sites for hydroxylation is 2. The van der Waals surface area contributed by atoms with E-state index in [0.29, 0.717) is 5.13 Å². The zero-order valence-electron chi connectivity index (χ0n) is 12.2. The van der Waals surface area contributed by atoms with Crippen LogP contribution in [-0.2, 0) is 9.59 Å². The lowest BCUT2D eigenvalue weighted by atomic mass is 9.84. The minimum Gasteiger partial charge on any atom is -0.353 e. The molecular formula is C14H21N3O2S. The van der Waals surface area contributed by atoms with Crippen molar-refractivity contribution in [3.63, 3.8) is 0 Å². The van der Waals surface area contributed by atoms with Crippen LogP contribution >= 0.6 is 11.3 Å². The molecule has 2 unspecified atom stereocenters. The monoisotopic (exact) mass is 295 g/mol. The summed E-state index contributed by atoms with van der Waals surface area (Å²) in [5, 5.41) is 6.44. The summed E-state index contributed by atoms with van der Waals surface area (Å²) in [5.41, 5.74) is 0.951. The third-order valence-corrected chi connectivity index (χ3v) is 4.74. The first-order valence-corrected chi connectivity index (χ1v) is 7.81. The molecule has 2 N–H and O–H groups in total. The highest BCUT2D eigenvalue weighted by molar-refractivity contribution is 7.15. The van der Waals surface area contributed by atoms with E-state index in [1.165, 1.54) is 18.3 Å². The van der Waals surface area contributed by atoms with Crippen LogP contribution in [0.15, 0.2) is 0 Å². The molecule has 1 saturated carbocycles. The number of hydrogen-bond donors (Lipinski definition) is 2. The maximum absolute atomic E-state index is 12.4. The summed E-state index contributed by atoms with van der Waals surface area (Å²) in [6.45, 7) is 5.42. The third kappa shape index (κ3) is 3.56. The number of thiazole rings is 1. The number of nitrogens with one attached hydrogen (secondary N) is 2. The largest absolute Gasteiger partial charge is 0.353 e. The second kappa shape index (κ2) is 6.35. The Morgan fingerprint density at radius 3 is 2.55 bits per heavy atom. The first kappa shape index (κ1) is 15.0. The number of carbonyl (C=O) groups is 2. The van der Waals surface area contributed by atoms with Crippen LogP contribution in [0.2, 0.25) is 0 Å². The van der Waals surface area contributed by atoms with Gasteiger partial charge in [-0.2, -0.15) is 0 Å². The molecule has 110 valence electrons. The maximum atomic E-state index is 12.4. The molecule has 20 heavy (non-hydrogen) atoms. The average Bonchev–Trinajstić information content (AvgIpc) is 2.68. The van der Waals surface area contributed by atoms with Crippen LogP contribution in [0.5, 0.6) is 0 Å². The molecule has 2 amide bonds. The van der Waals surface area contributed by atoms with E-state index in [2.05, 4.69) is 15.6 Å². The summed E-state index contributed by atoms with van der Waals surface area (Å²) in [6, 6.07) is -0.0524. The van der Waals surface area contributed by atoms with Crippen molar-refractivity contribution in [1.82, 2.24) is 10.3 Å². The normalized spacial score (nSPS) is 22.4. The molecule has 6 heteroatoms. The zero-order chi connectivity index (χ0) is 14.7. The second-order valence-corrected chi connectivity index (χ2v) is 6.55. The van der Waals surface area contributed by atoms with Gasteiger partial charge in [-0.3, -0.25) is 9.59 Å². The van der Waals surface area contributed by atoms with Gasteiger partial charge in [-0.1, -0.05) is 12.8 Å². The summed E-state index contributed by atoms with van der Waals surface area (Å²) in [5.74, 6) is -0.259. The predicted molar refractivity (Wildman–Crippen MR) is 79.8 cm³/mol. The quantitative estimate of drug-likeness (QED) is 0.899. The van der Waals surface area contributed by atoms with Gasteiger partial charge >= 0.3 is 0 Å². The van der Waals surface area contributed by atoms with Crippen LogP contribution in [0.4, 0.5) is 5.13 Å². The van der Waals surface area contributed by atoms with Crippen molar-refractivity contribution in [1.29, 1.82) is 0 Å². The van der Waals surface area contributed by atoms with Crippen LogP contribution < -0.4 is 10.6 Å². The van der Waals surface area contributed by atoms with E-state index in [0.717, 1.165) is 36.3 Å². The van der Waals surface area contributed by atoms with Crippen molar-refractivity contribution in [2.24, 2.45) is 5.92 Å². The van der Waals surface area contributed by atoms with Gasteiger partial charge in [0.15, 0.2) is 5.13 Å². The molecule has 0 aliphatic heterocycles. The van der Waals surface area contributed by atoms with Crippen molar-refractivity contribution in [2.75, 3.05) is 5.32 Å². The Morgan fingerprint density at radius 2 is 1.95 bits per heavy atom. The number of anilines is 1. The Morgan fingerprint density at radius 1 is 1.25 bits per heavy atom. The van der Waals surface area contributed by atoms with Gasteiger partial charge in [0.1, 0.15) is 0 Å². The number of carbonyl (C=O) groups excluding carboxylic acids is 2. The third-order valence-electron chi connectivity index (χ3n) is 3.75. The molecule has 1 aromatic heterocycles. The molecule has 0 aromatic carbocycles. The first-order chi connectivity index (χ1) is 9.47. The van der Waals surface area contributed by atoms with E-state index in [4.69, 9.17) is 0 Å². The van der Waals surface area contributed by atoms with Crippen LogP contribution in [0, 0.1) is 19.8 Å². The minimum absolute atomic E-state index is 0.0304. The lowest BCUT2D eigenvalue weighted by molar-refractivity contribution is -0.124. The lowest BCUT2D eigenvalue weighted by Gasteiger charge is -2.30. The van der Waals surface area contributed by atoms with Crippen LogP contribution in [0.1, 0.15) is 43.2 Å². The van der Waals surface area contributed by atoms with Gasteiger partial charge in [0, 0.05) is 17.8 Å². The average molecular weight is 295 g/mol. The second-order valence-electron chi connectivity index (χ2n) is 5.35. The molecule has 5 nitrogen and oxygen atoms in total. The van der Waals surface area contributed by atoms with Gasteiger partial charge < -0.3 is 10.6 Å². The van der Waals surface area contributed by atoms with E-state index in [1.807, 2.05) is 13.8 Å². The topological polar surface area (TPSA) is 71.1 Å². The Labute approximate surface area is 123 Å². The van der Waals surface area contributed by atoms with Crippen LogP contribution in [0.3, 0.4) is 0 Å². The molecule has 0 saturated heterocycles. The highest BCUT2D eigenvalue weighted by atomic mass is 32.1. The van der Waals surface area contributed by atoms with E-state index >= 15 is 0 Å². The highest BCUT2D eigenvalue weighted by Crippen LogP contribution is 2.27. The van der Waals surface area contributed by atoms with Crippen LogP contribution in [-0.4, -0.2) is 22.8 Å². The Bertz CT molecular complexity index is 493. The number of amides is 2. The fourth-order valence-electron chi connectivity index (χ4n) is 2.60. The van der Waals surface area contributed by atoms with E-state index in [-0.39, 0.29) is 23.8 Å². The Hall–Kier alpha value is -1.43. The fourth-order valence-corrected chi connectivity index (χ4v) is 3.42. The van der Waals surface area contributed by atoms with E-state index in [9.17, 15) is 9.59 Å². The lowest BCUT2D eigenvalue weighted by Crippen LogP contribution is -2.46. The molecule has 1 aliphatic rings. The van der Waals surface area contributed by atoms with Gasteiger partial charge in [-0.05, 0) is 26.7 Å². The van der Waals surface area contributed by atoms with Crippen molar-refractivity contribution >= 4 is 28.3 Å². The molecule has 2 rings (SSSR count). The summed E-state index contributed by atoms with van der Waals surface area (Å²) >= 11 is 1.49. The molecule has 1 aliphatic carbocycles. The van der Waals surface area contributed by atoms with Gasteiger partial charge in [0.25, 0.3) is 0 Å². The Balaban J connectivity index is 2.03. The molecule has 2 atom stereocenters. The molecular weight excluding hydrogens is 274 g/mol. The first-order valence-electron chi connectivity index (χ1n) is 6.99. The van der Waals surface area contributed by atoms with Crippen molar-refractivity contribution in [3.8, 4) is 0 Å². The van der Waals surface area contributed by atoms with Crippen molar-refractivity contribution in [2.45, 2.75) is 52.5 Å². The number of rotatable bonds is 3. The van der Waals surface area contributed by atoms with Crippen molar-refractivity contribution in [3.05, 3.63) is 10.6 Å². The summed E-state index contributed by atoms with van der Waals surface area (Å²) in [7, 11) is 0. The molecule has 1 fully saturated rings. The van der Waals surface area contributed by atoms with E-state index < -0.39 is 0 Å². The molecule has 1 aromatic rings. The van der Waals surface area contributed by atoms with Crippen LogP contribution in [0.25, 0.3) is 0 Å². The SMILES string of the molecule is CC(=O)NC1CCCCC1C(=O)Nc1nc(C)c(C)s1. The molecule has 0 radical (unpaired) electrons. The van der Waals surface area contributed by atoms with Gasteiger partial charge in [-0.25, -0.2) is 4.98 Å². The van der Waals surface area contributed by atoms with Gasteiger partial charge in [0.2, 0.25) is 11.8 Å². The predicted octanol–water partition coefficient (Wildman–Crippen LogP) is 2.39. The zero-order valence-corrected chi connectivity index (χ0v) is 13.0. The maximum Gasteiger partial charge on any atom is 0.231 e. The number of aromatic nitrogens is 1. The standard InChI is InChI=1S/C14H21N3O2S/c1-8-9(2)20-14(15-8)17-13(19)11-6-4-5-7-12(11)16-10(3)18/h11-12H,4-7H2,1-3H3,(H,16,18)(H,15,17,19). The fraction of sp³-hybridized carbons (Fsp3) is 0.643. The molecule has 0 spiro atoms. The van der Waals surface area contributed by atoms with Crippen molar-refractivity contribution < 1.29 is 9.59 Å². The van der Waals surface area contributed by atoms with Gasteiger partial charge in [0.05, 0.1) is 11.6 Å². The van der Waals surface area contributed by atoms with Gasteiger partial charge in [-0.15, -0.1) is 11.3 Å². The van der Waals surface area contributed by atoms with E-state index in [1.54, 1.807) is 0 Å². The summed E-state index contributed by atoms with van der Waals surface area (Å²) in [6.07, 6.45) is 3.78. The Kier molecular flexibility index (Phi) is 4.75. The number of nitrogens with zero attached hydrogens (tertiary/aromatic N) is 1. The highest BCUT2D eigenvalue weighted by Gasteiger charge is 2.31. The molecule has 0 bridgehead atoms. The summed E-state index contributed by atoms with van der Waals surface area (Å²) < 4.78 is 0. The smallest absolute Gasteiger partial charge is 0.231 e. The number of hydrogen-bond acceptors (Lipinski definition) is 4. The molecule has 1 heterocycles. The summed E-state index contributed by atoms with van der Waals surface area (Å²) in [4.78, 5) is 29.1.